The lowest BCUT2D eigenvalue weighted by Gasteiger charge is -2.27. The molecule has 0 amide bonds. The minimum Gasteiger partial charge on any atom is -0.312 e. The number of rotatable bonds is 3. The van der Waals surface area contributed by atoms with Crippen LogP contribution in [0.25, 0.3) is 4.13 Å². The van der Waals surface area contributed by atoms with Crippen LogP contribution in [0.5, 0.6) is 0 Å². The van der Waals surface area contributed by atoms with Crippen LogP contribution in [-0.4, -0.2) is 25.0 Å². The smallest absolute Gasteiger partial charge is 0.142 e. The third kappa shape index (κ3) is 3.66. The van der Waals surface area contributed by atoms with E-state index >= 15 is 0 Å². The van der Waals surface area contributed by atoms with Crippen molar-refractivity contribution in [3.8, 4) is 0 Å². The van der Waals surface area contributed by atoms with E-state index in [0.717, 1.165) is 22.2 Å². The fraction of sp³-hybridized carbons (Fsp3) is 0.500. The molecule has 0 radical (unpaired) electrons. The predicted octanol–water partition coefficient (Wildman–Crippen LogP) is 2.93. The fourth-order valence-corrected chi connectivity index (χ4v) is 7.43. The standard InChI is InChI=1S/C12H17NO2S3/c1-10-3-5-12(6-4-10)18(14,15)13-17-8-11(2)7-16-9-17/h3-6,11H,7-9H2,1-2H3. The van der Waals surface area contributed by atoms with E-state index in [4.69, 9.17) is 0 Å². The Bertz CT molecular complexity index is 499. The minimum absolute atomic E-state index is 0.309. The van der Waals surface area contributed by atoms with Crippen molar-refractivity contribution < 1.29 is 8.42 Å². The molecule has 2 rings (SSSR count). The Morgan fingerprint density at radius 1 is 1.33 bits per heavy atom. The summed E-state index contributed by atoms with van der Waals surface area (Å²) in [4.78, 5) is 0.309. The molecule has 2 atom stereocenters. The number of aryl methyl sites for hydroxylation is 1. The van der Waals surface area contributed by atoms with E-state index in [2.05, 4.69) is 11.1 Å². The summed E-state index contributed by atoms with van der Waals surface area (Å²) >= 11 is 1.45. The second-order valence-corrected chi connectivity index (χ2v) is 9.55. The second kappa shape index (κ2) is 5.86. The summed E-state index contributed by atoms with van der Waals surface area (Å²) < 4.78 is 28.4. The maximum absolute atomic E-state index is 12.1. The molecule has 1 fully saturated rings. The van der Waals surface area contributed by atoms with Crippen molar-refractivity contribution in [3.05, 3.63) is 34.0 Å². The highest BCUT2D eigenvalue weighted by atomic mass is 32.3. The quantitative estimate of drug-likeness (QED) is 0.807. The lowest BCUT2D eigenvalue weighted by Crippen LogP contribution is -2.24. The third-order valence-corrected chi connectivity index (χ3v) is 8.63. The topological polar surface area (TPSA) is 48.2 Å². The number of hydrogen-bond acceptors (Lipinski definition) is 3. The van der Waals surface area contributed by atoms with Gasteiger partial charge >= 0.3 is 0 Å². The van der Waals surface area contributed by atoms with E-state index in [-0.39, 0.29) is 11.1 Å². The van der Waals surface area contributed by atoms with Crippen LogP contribution < -0.4 is 0 Å². The molecule has 0 N–H and O–H groups in total. The Morgan fingerprint density at radius 3 is 2.61 bits per heavy atom. The molecular formula is C12H17NO2S3. The largest absolute Gasteiger partial charge is 0.312 e. The van der Waals surface area contributed by atoms with Crippen molar-refractivity contribution in [1.29, 1.82) is 0 Å². The molecule has 1 heterocycles. The Hall–Kier alpha value is -0.170. The van der Waals surface area contributed by atoms with Crippen molar-refractivity contribution >= 4 is 32.9 Å². The summed E-state index contributed by atoms with van der Waals surface area (Å²) in [5, 5.41) is 0.843. The highest BCUT2D eigenvalue weighted by Gasteiger charge is 2.24. The van der Waals surface area contributed by atoms with Crippen molar-refractivity contribution in [2.75, 3.05) is 16.6 Å². The van der Waals surface area contributed by atoms with Crippen LogP contribution in [0.15, 0.2) is 29.2 Å². The highest BCUT2D eigenvalue weighted by Crippen LogP contribution is 2.30. The van der Waals surface area contributed by atoms with E-state index in [1.807, 2.05) is 19.1 Å². The van der Waals surface area contributed by atoms with Gasteiger partial charge in [0.1, 0.15) is 20.9 Å². The molecule has 0 spiro atoms. The Kier molecular flexibility index (Phi) is 4.64. The molecule has 1 aromatic carbocycles. The first-order chi connectivity index (χ1) is 8.47. The first-order valence-electron chi connectivity index (χ1n) is 5.77. The first kappa shape index (κ1) is 14.2. The summed E-state index contributed by atoms with van der Waals surface area (Å²) in [5.41, 5.74) is 1.05. The molecular weight excluding hydrogens is 286 g/mol. The molecule has 3 nitrogen and oxygen atoms in total. The van der Waals surface area contributed by atoms with Gasteiger partial charge in [0.05, 0.1) is 4.90 Å². The van der Waals surface area contributed by atoms with Gasteiger partial charge in [-0.1, -0.05) is 35.7 Å². The molecule has 18 heavy (non-hydrogen) atoms. The van der Waals surface area contributed by atoms with Gasteiger partial charge in [-0.15, -0.1) is 11.8 Å². The molecule has 1 aliphatic heterocycles. The SMILES string of the molecule is Cc1ccc(S(=O)(=O)[N-][S+]2CSCC(C)C2)cc1. The maximum Gasteiger partial charge on any atom is 0.142 e. The Morgan fingerprint density at radius 2 is 2.00 bits per heavy atom. The number of benzene rings is 1. The Balaban J connectivity index is 2.09. The van der Waals surface area contributed by atoms with Gasteiger partial charge in [-0.3, -0.25) is 0 Å². The normalized spacial score (nSPS) is 25.0. The first-order valence-corrected chi connectivity index (χ1v) is 9.89. The van der Waals surface area contributed by atoms with Gasteiger partial charge in [0.25, 0.3) is 0 Å². The molecule has 6 heteroatoms. The van der Waals surface area contributed by atoms with Gasteiger partial charge in [0.2, 0.25) is 0 Å². The zero-order chi connectivity index (χ0) is 13.2. The van der Waals surface area contributed by atoms with Crippen LogP contribution >= 0.6 is 11.8 Å². The van der Waals surface area contributed by atoms with Crippen LogP contribution in [0, 0.1) is 12.8 Å². The summed E-state index contributed by atoms with van der Waals surface area (Å²) in [5.74, 6) is 2.57. The summed E-state index contributed by atoms with van der Waals surface area (Å²) in [6, 6.07) is 6.89. The predicted molar refractivity (Wildman–Crippen MR) is 80.4 cm³/mol. The molecule has 1 aromatic rings. The van der Waals surface area contributed by atoms with E-state index in [0.29, 0.717) is 10.8 Å². The van der Waals surface area contributed by atoms with Crippen molar-refractivity contribution in [2.24, 2.45) is 5.92 Å². The van der Waals surface area contributed by atoms with Crippen molar-refractivity contribution in [2.45, 2.75) is 18.7 Å². The lowest BCUT2D eigenvalue weighted by atomic mass is 10.2. The monoisotopic (exact) mass is 303 g/mol. The van der Waals surface area contributed by atoms with E-state index in [1.165, 1.54) is 0 Å². The van der Waals surface area contributed by atoms with E-state index in [9.17, 15) is 8.42 Å². The fourth-order valence-electron chi connectivity index (χ4n) is 1.71. The second-order valence-electron chi connectivity index (χ2n) is 4.59. The van der Waals surface area contributed by atoms with Gasteiger partial charge in [0.15, 0.2) is 0 Å². The molecule has 0 aliphatic carbocycles. The summed E-state index contributed by atoms with van der Waals surface area (Å²) in [6.07, 6.45) is 0. The summed E-state index contributed by atoms with van der Waals surface area (Å²) in [7, 11) is -3.48. The van der Waals surface area contributed by atoms with Crippen LogP contribution in [-0.2, 0) is 21.1 Å². The average molecular weight is 303 g/mol. The van der Waals surface area contributed by atoms with Gasteiger partial charge in [-0.25, -0.2) is 8.42 Å². The summed E-state index contributed by atoms with van der Waals surface area (Å²) in [6.45, 7) is 4.09. The van der Waals surface area contributed by atoms with Crippen LogP contribution in [0.4, 0.5) is 0 Å². The van der Waals surface area contributed by atoms with Gasteiger partial charge in [-0.05, 0) is 19.1 Å². The maximum atomic E-state index is 12.1. The zero-order valence-corrected chi connectivity index (χ0v) is 12.9. The molecule has 1 aliphatic rings. The van der Waals surface area contributed by atoms with Crippen LogP contribution in [0.1, 0.15) is 12.5 Å². The molecule has 0 saturated carbocycles. The third-order valence-electron chi connectivity index (χ3n) is 2.62. The zero-order valence-electron chi connectivity index (χ0n) is 10.5. The van der Waals surface area contributed by atoms with Crippen LogP contribution in [0.2, 0.25) is 0 Å². The van der Waals surface area contributed by atoms with Gasteiger partial charge < -0.3 is 4.13 Å². The number of thioether (sulfide) groups is 1. The average Bonchev–Trinajstić information content (AvgIpc) is 2.29. The molecule has 2 unspecified atom stereocenters. The van der Waals surface area contributed by atoms with Crippen LogP contribution in [0.3, 0.4) is 0 Å². The highest BCUT2D eigenvalue weighted by molar-refractivity contribution is 8.22. The molecule has 1 saturated heterocycles. The number of hydrogen-bond donors (Lipinski definition) is 0. The Labute approximate surface area is 116 Å². The van der Waals surface area contributed by atoms with Crippen molar-refractivity contribution in [1.82, 2.24) is 0 Å². The van der Waals surface area contributed by atoms with Gasteiger partial charge in [-0.2, -0.15) is 0 Å². The van der Waals surface area contributed by atoms with E-state index in [1.54, 1.807) is 23.9 Å². The molecule has 0 bridgehead atoms. The van der Waals surface area contributed by atoms with Gasteiger partial charge in [0, 0.05) is 11.7 Å². The molecule has 0 aromatic heterocycles. The van der Waals surface area contributed by atoms with E-state index < -0.39 is 10.0 Å². The molecule has 100 valence electrons. The van der Waals surface area contributed by atoms with Crippen molar-refractivity contribution in [3.63, 3.8) is 0 Å². The number of nitrogens with zero attached hydrogens (tertiary/aromatic N) is 1. The minimum atomic E-state index is -3.48. The number of sulfonamides is 1. The lowest BCUT2D eigenvalue weighted by molar-refractivity contribution is 0.604.